The molecule has 1 amide bonds. The number of carbonyl (C=O) groups excluding carboxylic acids is 1. The average Bonchev–Trinajstić information content (AvgIpc) is 2.57. The highest BCUT2D eigenvalue weighted by molar-refractivity contribution is 7.92. The van der Waals surface area contributed by atoms with Gasteiger partial charge in [0.2, 0.25) is 0 Å². The first kappa shape index (κ1) is 23.0. The molecule has 0 aliphatic carbocycles. The van der Waals surface area contributed by atoms with Crippen LogP contribution in [0.2, 0.25) is 0 Å². The molecule has 2 aromatic rings. The van der Waals surface area contributed by atoms with Crippen molar-refractivity contribution in [1.82, 2.24) is 5.32 Å². The molecule has 2 aromatic carbocycles. The Bertz CT molecular complexity index is 910. The molecule has 0 aliphatic rings. The number of hydrogen-bond acceptors (Lipinski definition) is 4. The van der Waals surface area contributed by atoms with Crippen molar-refractivity contribution in [1.29, 1.82) is 0 Å². The van der Waals surface area contributed by atoms with Crippen LogP contribution in [0.3, 0.4) is 0 Å². The SMILES string of the molecule is Cc1ccc(NS(=O)(=O)c2ccc(C(=O)NC(C)(C)CN)cc2)cc1C.Cl. The van der Waals surface area contributed by atoms with Gasteiger partial charge in [0.25, 0.3) is 15.9 Å². The molecule has 0 spiro atoms. The highest BCUT2D eigenvalue weighted by Crippen LogP contribution is 2.19. The summed E-state index contributed by atoms with van der Waals surface area (Å²) in [5.41, 5.74) is 8.03. The van der Waals surface area contributed by atoms with E-state index in [1.807, 2.05) is 33.8 Å². The van der Waals surface area contributed by atoms with Crippen LogP contribution >= 0.6 is 12.4 Å². The number of nitrogens with one attached hydrogen (secondary N) is 2. The Labute approximate surface area is 167 Å². The van der Waals surface area contributed by atoms with Crippen molar-refractivity contribution >= 4 is 34.0 Å². The Morgan fingerprint density at radius 1 is 1.04 bits per heavy atom. The van der Waals surface area contributed by atoms with E-state index in [0.29, 0.717) is 17.8 Å². The summed E-state index contributed by atoms with van der Waals surface area (Å²) in [4.78, 5) is 12.3. The van der Waals surface area contributed by atoms with E-state index in [2.05, 4.69) is 10.0 Å². The second-order valence-electron chi connectivity index (χ2n) is 6.97. The molecular weight excluding hydrogens is 386 g/mol. The summed E-state index contributed by atoms with van der Waals surface area (Å²) < 4.78 is 27.6. The molecule has 6 nitrogen and oxygen atoms in total. The summed E-state index contributed by atoms with van der Waals surface area (Å²) in [5.74, 6) is -0.300. The van der Waals surface area contributed by atoms with Gasteiger partial charge in [-0.2, -0.15) is 0 Å². The highest BCUT2D eigenvalue weighted by atomic mass is 35.5. The molecule has 148 valence electrons. The molecule has 0 bridgehead atoms. The van der Waals surface area contributed by atoms with E-state index in [-0.39, 0.29) is 23.2 Å². The van der Waals surface area contributed by atoms with Gasteiger partial charge in [-0.25, -0.2) is 8.42 Å². The number of sulfonamides is 1. The van der Waals surface area contributed by atoms with E-state index in [4.69, 9.17) is 5.73 Å². The molecule has 0 aromatic heterocycles. The van der Waals surface area contributed by atoms with Crippen LogP contribution < -0.4 is 15.8 Å². The summed E-state index contributed by atoms with van der Waals surface area (Å²) in [6.07, 6.45) is 0. The van der Waals surface area contributed by atoms with Crippen LogP contribution in [0.5, 0.6) is 0 Å². The zero-order chi connectivity index (χ0) is 19.5. The summed E-state index contributed by atoms with van der Waals surface area (Å²) in [7, 11) is -3.73. The van der Waals surface area contributed by atoms with Crippen LogP contribution in [0.1, 0.15) is 35.3 Å². The van der Waals surface area contributed by atoms with Gasteiger partial charge in [-0.05, 0) is 75.2 Å². The molecule has 0 heterocycles. The third-order valence-electron chi connectivity index (χ3n) is 4.15. The van der Waals surface area contributed by atoms with Crippen LogP contribution in [-0.2, 0) is 10.0 Å². The summed E-state index contributed by atoms with van der Waals surface area (Å²) in [6.45, 7) is 7.81. The number of rotatable bonds is 6. The van der Waals surface area contributed by atoms with Gasteiger partial charge in [-0.15, -0.1) is 12.4 Å². The van der Waals surface area contributed by atoms with Crippen LogP contribution in [0.25, 0.3) is 0 Å². The minimum absolute atomic E-state index is 0. The van der Waals surface area contributed by atoms with Gasteiger partial charge >= 0.3 is 0 Å². The van der Waals surface area contributed by atoms with E-state index in [1.54, 1.807) is 12.1 Å². The van der Waals surface area contributed by atoms with Crippen molar-refractivity contribution in [3.8, 4) is 0 Å². The third kappa shape index (κ3) is 5.95. The normalized spacial score (nSPS) is 11.4. The van der Waals surface area contributed by atoms with Crippen molar-refractivity contribution in [2.24, 2.45) is 5.73 Å². The second kappa shape index (κ2) is 8.73. The van der Waals surface area contributed by atoms with Crippen molar-refractivity contribution in [2.45, 2.75) is 38.1 Å². The second-order valence-corrected chi connectivity index (χ2v) is 8.65. The molecule has 2 rings (SSSR count). The quantitative estimate of drug-likeness (QED) is 0.680. The number of aryl methyl sites for hydroxylation is 2. The number of hydrogen-bond donors (Lipinski definition) is 3. The summed E-state index contributed by atoms with van der Waals surface area (Å²) in [5, 5.41) is 2.80. The molecule has 0 atom stereocenters. The number of benzene rings is 2. The molecule has 0 fully saturated rings. The Balaban J connectivity index is 0.00000364. The topological polar surface area (TPSA) is 101 Å². The zero-order valence-electron chi connectivity index (χ0n) is 15.9. The molecule has 8 heteroatoms. The van der Waals surface area contributed by atoms with E-state index in [0.717, 1.165) is 11.1 Å². The predicted molar refractivity (Wildman–Crippen MR) is 111 cm³/mol. The Hall–Kier alpha value is -2.09. The third-order valence-corrected chi connectivity index (χ3v) is 5.55. The minimum Gasteiger partial charge on any atom is -0.346 e. The van der Waals surface area contributed by atoms with Gasteiger partial charge in [0, 0.05) is 23.3 Å². The molecule has 0 aliphatic heterocycles. The number of amides is 1. The molecule has 27 heavy (non-hydrogen) atoms. The number of carbonyl (C=O) groups is 1. The van der Waals surface area contributed by atoms with Crippen LogP contribution in [0.15, 0.2) is 47.4 Å². The van der Waals surface area contributed by atoms with Gasteiger partial charge in [-0.3, -0.25) is 9.52 Å². The number of nitrogens with two attached hydrogens (primary N) is 1. The van der Waals surface area contributed by atoms with Crippen molar-refractivity contribution in [3.63, 3.8) is 0 Å². The average molecular weight is 412 g/mol. The maximum atomic E-state index is 12.5. The Kier molecular flexibility index (Phi) is 7.42. The smallest absolute Gasteiger partial charge is 0.261 e. The van der Waals surface area contributed by atoms with Crippen LogP contribution in [0.4, 0.5) is 5.69 Å². The lowest BCUT2D eigenvalue weighted by Crippen LogP contribution is -2.48. The number of anilines is 1. The molecule has 0 saturated heterocycles. The first-order valence-corrected chi connectivity index (χ1v) is 9.75. The summed E-state index contributed by atoms with van der Waals surface area (Å²) >= 11 is 0. The number of halogens is 1. The van der Waals surface area contributed by atoms with Crippen LogP contribution in [0, 0.1) is 13.8 Å². The minimum atomic E-state index is -3.73. The standard InChI is InChI=1S/C19H25N3O3S.ClH/c1-13-5-8-16(11-14(13)2)22-26(24,25)17-9-6-15(7-10-17)18(23)21-19(3,4)12-20;/h5-11,22H,12,20H2,1-4H3,(H,21,23);1H. The van der Waals surface area contributed by atoms with Crippen molar-refractivity contribution in [2.75, 3.05) is 11.3 Å². The lowest BCUT2D eigenvalue weighted by Gasteiger charge is -2.24. The monoisotopic (exact) mass is 411 g/mol. The Morgan fingerprint density at radius 2 is 1.63 bits per heavy atom. The molecule has 0 unspecified atom stereocenters. The van der Waals surface area contributed by atoms with Crippen molar-refractivity contribution < 1.29 is 13.2 Å². The van der Waals surface area contributed by atoms with E-state index >= 15 is 0 Å². The maximum absolute atomic E-state index is 12.5. The molecule has 0 saturated carbocycles. The first-order chi connectivity index (χ1) is 12.0. The van der Waals surface area contributed by atoms with Gasteiger partial charge in [0.05, 0.1) is 4.90 Å². The van der Waals surface area contributed by atoms with Crippen molar-refractivity contribution in [3.05, 3.63) is 59.2 Å². The maximum Gasteiger partial charge on any atom is 0.261 e. The predicted octanol–water partition coefficient (Wildman–Crippen LogP) is 2.99. The zero-order valence-corrected chi connectivity index (χ0v) is 17.5. The molecule has 4 N–H and O–H groups in total. The Morgan fingerprint density at radius 3 is 2.15 bits per heavy atom. The fourth-order valence-corrected chi connectivity index (χ4v) is 3.28. The highest BCUT2D eigenvalue weighted by Gasteiger charge is 2.20. The molecule has 0 radical (unpaired) electrons. The lowest BCUT2D eigenvalue weighted by atomic mass is 10.1. The fourth-order valence-electron chi connectivity index (χ4n) is 2.23. The summed E-state index contributed by atoms with van der Waals surface area (Å²) in [6, 6.07) is 11.1. The van der Waals surface area contributed by atoms with E-state index in [1.165, 1.54) is 24.3 Å². The van der Waals surface area contributed by atoms with Gasteiger partial charge < -0.3 is 11.1 Å². The van der Waals surface area contributed by atoms with E-state index in [9.17, 15) is 13.2 Å². The van der Waals surface area contributed by atoms with Gasteiger partial charge in [0.15, 0.2) is 0 Å². The fraction of sp³-hybridized carbons (Fsp3) is 0.316. The lowest BCUT2D eigenvalue weighted by molar-refractivity contribution is 0.0915. The van der Waals surface area contributed by atoms with E-state index < -0.39 is 15.6 Å². The molecular formula is C19H26ClN3O3S. The largest absolute Gasteiger partial charge is 0.346 e. The first-order valence-electron chi connectivity index (χ1n) is 8.27. The van der Waals surface area contributed by atoms with Gasteiger partial charge in [-0.1, -0.05) is 6.07 Å². The van der Waals surface area contributed by atoms with Gasteiger partial charge in [0.1, 0.15) is 0 Å². The van der Waals surface area contributed by atoms with Crippen LogP contribution in [-0.4, -0.2) is 26.4 Å².